The Kier molecular flexibility index (Phi) is 20.6. The Morgan fingerprint density at radius 1 is 0.618 bits per heavy atom. The lowest BCUT2D eigenvalue weighted by Crippen LogP contribution is -2.50. The van der Waals surface area contributed by atoms with E-state index in [1.807, 2.05) is 47.6 Å². The number of halogens is 4. The van der Waals surface area contributed by atoms with Gasteiger partial charge in [0.05, 0.1) is 76.5 Å². The molecule has 18 atom stereocenters. The van der Waals surface area contributed by atoms with Crippen LogP contribution < -0.4 is 9.47 Å². The minimum Gasteiger partial charge on any atom is -0.480 e. The molecule has 8 fully saturated rings. The van der Waals surface area contributed by atoms with Crippen molar-refractivity contribution in [3.8, 4) is 11.8 Å². The number of amides is 3. The van der Waals surface area contributed by atoms with E-state index < -0.39 is 128 Å². The van der Waals surface area contributed by atoms with Gasteiger partial charge in [0.1, 0.15) is 41.8 Å². The molecule has 4 aliphatic heterocycles. The molecule has 2 aromatic heterocycles. The van der Waals surface area contributed by atoms with Crippen LogP contribution in [0.25, 0.3) is 22.1 Å². The summed E-state index contributed by atoms with van der Waals surface area (Å²) < 4.78 is 81.2. The van der Waals surface area contributed by atoms with Gasteiger partial charge in [0.25, 0.3) is 0 Å². The van der Waals surface area contributed by atoms with E-state index in [0.717, 1.165) is 88.9 Å². The zero-order chi connectivity index (χ0) is 73.0. The molecule has 21 nitrogen and oxygen atoms in total. The predicted molar refractivity (Wildman–Crippen MR) is 374 cm³/mol. The Morgan fingerprint density at radius 3 is 1.49 bits per heavy atom. The molecule has 6 saturated carbocycles. The number of carboxylic acid groups (broad SMARTS) is 1. The van der Waals surface area contributed by atoms with Gasteiger partial charge < -0.3 is 33.9 Å². The molecule has 14 rings (SSSR count). The van der Waals surface area contributed by atoms with E-state index in [9.17, 15) is 55.9 Å². The third-order valence-corrected chi connectivity index (χ3v) is 27.2. The summed E-state index contributed by atoms with van der Waals surface area (Å²) in [5.74, 6) is -5.39. The van der Waals surface area contributed by atoms with Gasteiger partial charge in [-0.2, -0.15) is 0 Å². The minimum atomic E-state index is -4.09. The van der Waals surface area contributed by atoms with Crippen LogP contribution in [0, 0.1) is 81.3 Å². The van der Waals surface area contributed by atoms with Gasteiger partial charge in [-0.3, -0.25) is 28.8 Å². The highest BCUT2D eigenvalue weighted by Crippen LogP contribution is 2.62. The highest BCUT2D eigenvalue weighted by Gasteiger charge is 2.68. The number of carboxylic acids is 1. The van der Waals surface area contributed by atoms with Crippen LogP contribution in [-0.2, 0) is 65.9 Å². The number of rotatable bonds is 8. The van der Waals surface area contributed by atoms with Crippen LogP contribution in [-0.4, -0.2) is 157 Å². The summed E-state index contributed by atoms with van der Waals surface area (Å²) in [6, 6.07) is 8.23. The van der Waals surface area contributed by atoms with Gasteiger partial charge in [-0.05, 0) is 166 Å². The summed E-state index contributed by atoms with van der Waals surface area (Å²) in [4.78, 5) is 120. The number of hydrogen-bond donors (Lipinski definition) is 1. The van der Waals surface area contributed by atoms with Crippen molar-refractivity contribution in [2.75, 3.05) is 20.1 Å². The summed E-state index contributed by atoms with van der Waals surface area (Å²) in [5, 5.41) is 10.5. The maximum Gasteiger partial charge on any atom is 0.326 e. The quantitative estimate of drug-likeness (QED) is 0.161. The summed E-state index contributed by atoms with van der Waals surface area (Å²) in [6.07, 6.45) is 7.43. The highest BCUT2D eigenvalue weighted by atomic mass is 35.5. The Labute approximate surface area is 605 Å². The number of aliphatic carboxylic acids is 1. The number of ether oxygens (including phenoxy) is 4. The Hall–Kier alpha value is -6.40. The van der Waals surface area contributed by atoms with E-state index >= 15 is 0 Å². The van der Waals surface area contributed by atoms with Gasteiger partial charge in [-0.1, -0.05) is 104 Å². The lowest BCUT2D eigenvalue weighted by Gasteiger charge is -2.36. The number of benzene rings is 2. The number of esters is 2. The van der Waals surface area contributed by atoms with Gasteiger partial charge in [0, 0.05) is 41.3 Å². The molecule has 4 bridgehead atoms. The molecule has 10 aliphatic rings. The molecule has 0 radical (unpaired) electrons. The maximum absolute atomic E-state index is 15.0. The van der Waals surface area contributed by atoms with Crippen molar-refractivity contribution >= 4 is 96.7 Å². The fraction of sp³-hybridized carbons (Fsp3) is 0.697. The van der Waals surface area contributed by atoms with Gasteiger partial charge in [-0.25, -0.2) is 46.2 Å². The normalized spacial score (nSPS) is 33.7. The largest absolute Gasteiger partial charge is 0.480 e. The molecule has 102 heavy (non-hydrogen) atoms. The first-order valence-electron chi connectivity index (χ1n) is 37.0. The van der Waals surface area contributed by atoms with Crippen molar-refractivity contribution in [1.82, 2.24) is 34.0 Å². The van der Waals surface area contributed by atoms with Crippen LogP contribution in [0.4, 0.5) is 8.78 Å². The maximum atomic E-state index is 15.0. The molecule has 6 aliphatic carbocycles. The van der Waals surface area contributed by atoms with Crippen molar-refractivity contribution in [3.63, 3.8) is 0 Å². The number of ketones is 1. The first-order chi connectivity index (χ1) is 48.2. The molecular formula is C76H97Cl2F2N7O14S. The van der Waals surface area contributed by atoms with Crippen LogP contribution >= 0.6 is 23.2 Å². The molecule has 2 saturated heterocycles. The number of carbonyl (C=O) groups excluding carboxylic acids is 6. The third-order valence-electron chi connectivity index (χ3n) is 24.5. The van der Waals surface area contributed by atoms with Crippen LogP contribution in [0.3, 0.4) is 0 Å². The monoisotopic (exact) mass is 1470 g/mol. The Morgan fingerprint density at radius 2 is 1.07 bits per heavy atom. The van der Waals surface area contributed by atoms with Gasteiger partial charge in [-0.15, -0.1) is 0 Å². The molecule has 554 valence electrons. The van der Waals surface area contributed by atoms with Crippen LogP contribution in [0.15, 0.2) is 36.4 Å². The Balaban J connectivity index is 0.000000191. The number of aromatic nitrogens is 4. The average Bonchev–Trinajstić information content (AvgIpc) is 1.56. The molecule has 2 aromatic carbocycles. The second-order valence-electron chi connectivity index (χ2n) is 33.5. The van der Waals surface area contributed by atoms with Crippen LogP contribution in [0.5, 0.6) is 11.8 Å². The van der Waals surface area contributed by atoms with E-state index in [2.05, 4.69) is 0 Å². The number of Topliss-reactive ketones (excluding diaryl/α,β-unsaturated/α-hetero) is 1. The van der Waals surface area contributed by atoms with E-state index in [4.69, 9.17) is 62.1 Å². The first kappa shape index (κ1) is 73.9. The van der Waals surface area contributed by atoms with Gasteiger partial charge in [0.15, 0.2) is 5.78 Å². The summed E-state index contributed by atoms with van der Waals surface area (Å²) in [7, 11) is -3.02. The topological polar surface area (TPSA) is 272 Å². The van der Waals surface area contributed by atoms with Gasteiger partial charge >= 0.3 is 17.9 Å². The third kappa shape index (κ3) is 15.1. The lowest BCUT2D eigenvalue weighted by atomic mass is 9.77. The second-order valence-corrected chi connectivity index (χ2v) is 36.7. The number of fused-ring (bicyclic) bond motifs is 14. The lowest BCUT2D eigenvalue weighted by molar-refractivity contribution is -0.160. The zero-order valence-corrected chi connectivity index (χ0v) is 62.1. The number of sulfonamides is 1. The first-order valence-corrected chi connectivity index (χ1v) is 39.3. The number of carbonyl (C=O) groups is 7. The number of alkyl halides is 2. The number of nitrogens with zero attached hydrogens (tertiary/aromatic N) is 7. The summed E-state index contributed by atoms with van der Waals surface area (Å²) in [5.41, 5.74) is 0.477. The molecule has 1 N–H and O–H groups in total. The summed E-state index contributed by atoms with van der Waals surface area (Å²) in [6.45, 7) is 14.8. The van der Waals surface area contributed by atoms with Crippen molar-refractivity contribution in [1.29, 1.82) is 0 Å². The van der Waals surface area contributed by atoms with Crippen LogP contribution in [0.1, 0.15) is 182 Å². The van der Waals surface area contributed by atoms with Gasteiger partial charge in [0.2, 0.25) is 45.9 Å². The number of hydrogen-bond acceptors (Lipinski definition) is 17. The van der Waals surface area contributed by atoms with Crippen molar-refractivity contribution in [2.45, 2.75) is 232 Å². The number of aryl methyl sites for hydroxylation is 2. The Bertz CT molecular complexity index is 4080. The molecule has 3 amide bonds. The van der Waals surface area contributed by atoms with E-state index in [1.54, 1.807) is 44.2 Å². The molecule has 4 aromatic rings. The molecular weight excluding hydrogens is 1380 g/mol. The molecule has 0 spiro atoms. The highest BCUT2D eigenvalue weighted by molar-refractivity contribution is 7.90. The smallest absolute Gasteiger partial charge is 0.326 e. The molecule has 26 heteroatoms. The fourth-order valence-electron chi connectivity index (χ4n) is 18.1. The van der Waals surface area contributed by atoms with Crippen LogP contribution in [0.2, 0.25) is 10.0 Å². The zero-order valence-electron chi connectivity index (χ0n) is 59.8. The van der Waals surface area contributed by atoms with E-state index in [-0.39, 0.29) is 68.2 Å². The summed E-state index contributed by atoms with van der Waals surface area (Å²) >= 11 is 12.6. The SMILES string of the molecule is C[C@@H]1[C@@H]2CN(C(=O)[C@H](C(C)(C)C)CC(=O)O[C@@H]3C[C@@H]4C[C@@H]4[C@H]3CCCCCc3nc4ccc(Cl)cc4nc3O2)[C@@H]1C(=O)C[C@]1(C(=O)N(C)S(=O)(=O)C2CC2)C[C@H]1C(F)F.C[C@@H]1[C@@H]2CN(C(=O)[C@H](C(C)(C)C)CC(=O)O[C@@H]3C[C@@H]4C[C@@H]4[C@H]3CCCCCc3nc4ccc(Cl)cc4nc3O2)[C@@H]1C(=O)O. The molecule has 6 heterocycles. The van der Waals surface area contributed by atoms with Crippen molar-refractivity contribution < 1.29 is 74.8 Å². The predicted octanol–water partition coefficient (Wildman–Crippen LogP) is 12.5. The standard InChI is InChI=1S/C43H55ClF2N4O8S.C33H42ClN3O6/c1-22-35-21-50(37(22)33(51)20-43(19-29(43)38(45)46)41(54)49(5)59(55,56)25-12-13-25)40(53)28(42(2,3)4)18-36(52)57-34-16-23-15-27(23)26(34)9-7-6-8-10-31-39(58-35)48-32-17-24(44)11-14-30(32)47-31;1-17-27-16-37(29(17)32(40)41)31(39)22(33(2,3)4)15-28(38)42-26-13-18-12-21(18)20(26)8-6-5-7-9-24-30(43-27)36-25-14-19(34)10-11-23(25)35-24/h11,14,17,22-23,25-29,34-35,37-38H,6-10,12-13,15-16,18-21H2,1-5H3;10-11,14,17-18,20-22,26-27,29H,5-9,12-13,15-16H2,1-4H3,(H,40,41)/t22-,23+,26-,27+,28-,29+,34-,35+,37+,43-;17-,18+,20-,21+,22-,26-,27+,29+/m11/s1. The average molecular weight is 1470 g/mol. The van der Waals surface area contributed by atoms with E-state index in [1.165, 1.54) is 16.2 Å². The van der Waals surface area contributed by atoms with E-state index in [0.29, 0.717) is 97.7 Å². The van der Waals surface area contributed by atoms with Crippen molar-refractivity contribution in [3.05, 3.63) is 57.8 Å². The fourth-order valence-corrected chi connectivity index (χ4v) is 20.0. The second kappa shape index (κ2) is 28.5. The van der Waals surface area contributed by atoms with Crippen molar-refractivity contribution in [2.24, 2.45) is 81.3 Å². The minimum absolute atomic E-state index is 0.0708. The molecule has 0 unspecified atom stereocenters.